The molecule has 0 atom stereocenters. The molecule has 0 fully saturated rings. The second-order valence-corrected chi connectivity index (χ2v) is 4.43. The molecule has 0 unspecified atom stereocenters. The quantitative estimate of drug-likeness (QED) is 0.861. The van der Waals surface area contributed by atoms with Crippen molar-refractivity contribution in [2.24, 2.45) is 0 Å². The average molecular weight is 268 g/mol. The fourth-order valence-electron chi connectivity index (χ4n) is 1.72. The van der Waals surface area contributed by atoms with E-state index in [4.69, 9.17) is 11.6 Å². The van der Waals surface area contributed by atoms with Gasteiger partial charge in [-0.3, -0.25) is 0 Å². The molecular weight excluding hydrogens is 256 g/mol. The Bertz CT molecular complexity index is 549. The van der Waals surface area contributed by atoms with Crippen molar-refractivity contribution in [3.8, 4) is 0 Å². The Morgan fingerprint density at radius 3 is 2.67 bits per heavy atom. The predicted octanol–water partition coefficient (Wildman–Crippen LogP) is 4.54. The number of hydrogen-bond acceptors (Lipinski definition) is 1. The summed E-state index contributed by atoms with van der Waals surface area (Å²) in [5.41, 5.74) is 1.81. The zero-order valence-corrected chi connectivity index (χ0v) is 10.6. The normalized spacial score (nSPS) is 10.4. The Labute approximate surface area is 109 Å². The Hall–Kier alpha value is -1.61. The molecular formula is C14H12ClF2N. The van der Waals surface area contributed by atoms with Crippen LogP contribution in [-0.4, -0.2) is 0 Å². The number of nitrogens with one attached hydrogen (secondary N) is 1. The van der Waals surface area contributed by atoms with E-state index in [1.54, 1.807) is 19.1 Å². The zero-order valence-electron chi connectivity index (χ0n) is 9.81. The zero-order chi connectivity index (χ0) is 13.1. The van der Waals surface area contributed by atoms with E-state index >= 15 is 0 Å². The minimum absolute atomic E-state index is 0.276. The van der Waals surface area contributed by atoms with E-state index in [-0.39, 0.29) is 18.2 Å². The van der Waals surface area contributed by atoms with Gasteiger partial charge in [-0.1, -0.05) is 23.7 Å². The number of benzene rings is 2. The molecule has 0 amide bonds. The molecule has 0 heterocycles. The van der Waals surface area contributed by atoms with Gasteiger partial charge < -0.3 is 5.32 Å². The molecule has 1 nitrogen and oxygen atoms in total. The van der Waals surface area contributed by atoms with Gasteiger partial charge in [0.05, 0.1) is 5.69 Å². The summed E-state index contributed by atoms with van der Waals surface area (Å²) in [4.78, 5) is 0. The third-order valence-corrected chi connectivity index (χ3v) is 3.05. The molecule has 2 aromatic carbocycles. The molecule has 18 heavy (non-hydrogen) atoms. The second kappa shape index (κ2) is 5.36. The molecule has 0 spiro atoms. The van der Waals surface area contributed by atoms with E-state index in [0.29, 0.717) is 16.3 Å². The number of para-hydroxylation sites is 1. The first-order valence-electron chi connectivity index (χ1n) is 5.51. The summed E-state index contributed by atoms with van der Waals surface area (Å²) in [5.74, 6) is -0.691. The fourth-order valence-corrected chi connectivity index (χ4v) is 1.90. The molecule has 1 N–H and O–H groups in total. The Morgan fingerprint density at radius 2 is 1.94 bits per heavy atom. The fraction of sp³-hybridized carbons (Fsp3) is 0.143. The largest absolute Gasteiger partial charge is 0.378 e. The number of hydrogen-bond donors (Lipinski definition) is 1. The van der Waals surface area contributed by atoms with Crippen molar-refractivity contribution in [1.29, 1.82) is 0 Å². The maximum absolute atomic E-state index is 13.6. The first kappa shape index (κ1) is 12.8. The van der Waals surface area contributed by atoms with Gasteiger partial charge in [0.15, 0.2) is 0 Å². The van der Waals surface area contributed by atoms with Crippen LogP contribution >= 0.6 is 11.6 Å². The third-order valence-electron chi connectivity index (χ3n) is 2.69. The highest BCUT2D eigenvalue weighted by molar-refractivity contribution is 6.31. The van der Waals surface area contributed by atoms with Crippen LogP contribution in [0.1, 0.15) is 11.1 Å². The minimum atomic E-state index is -0.360. The van der Waals surface area contributed by atoms with Crippen molar-refractivity contribution in [2.45, 2.75) is 13.5 Å². The van der Waals surface area contributed by atoms with Crippen LogP contribution in [0.25, 0.3) is 0 Å². The van der Waals surface area contributed by atoms with E-state index in [0.717, 1.165) is 5.56 Å². The monoisotopic (exact) mass is 267 g/mol. The van der Waals surface area contributed by atoms with Crippen LogP contribution in [0.2, 0.25) is 5.02 Å². The van der Waals surface area contributed by atoms with Crippen LogP contribution in [0.15, 0.2) is 36.4 Å². The van der Waals surface area contributed by atoms with E-state index in [1.807, 2.05) is 0 Å². The molecule has 2 rings (SSSR count). The van der Waals surface area contributed by atoms with Crippen molar-refractivity contribution in [1.82, 2.24) is 0 Å². The first-order chi connectivity index (χ1) is 8.58. The third kappa shape index (κ3) is 2.79. The highest BCUT2D eigenvalue weighted by atomic mass is 35.5. The molecule has 0 saturated carbocycles. The molecule has 0 aliphatic heterocycles. The molecule has 4 heteroatoms. The van der Waals surface area contributed by atoms with E-state index < -0.39 is 0 Å². The van der Waals surface area contributed by atoms with Crippen molar-refractivity contribution >= 4 is 17.3 Å². The Balaban J connectivity index is 2.19. The number of aryl methyl sites for hydroxylation is 1. The smallest absolute Gasteiger partial charge is 0.146 e. The van der Waals surface area contributed by atoms with Crippen LogP contribution in [0.4, 0.5) is 14.5 Å². The molecule has 0 bridgehead atoms. The van der Waals surface area contributed by atoms with Crippen LogP contribution in [-0.2, 0) is 6.54 Å². The average Bonchev–Trinajstić information content (AvgIpc) is 2.33. The molecule has 0 aliphatic carbocycles. The van der Waals surface area contributed by atoms with Crippen molar-refractivity contribution in [2.75, 3.05) is 5.32 Å². The maximum atomic E-state index is 13.6. The maximum Gasteiger partial charge on any atom is 0.146 e. The molecule has 94 valence electrons. The van der Waals surface area contributed by atoms with Crippen LogP contribution in [0.5, 0.6) is 0 Å². The Morgan fingerprint density at radius 1 is 1.17 bits per heavy atom. The summed E-state index contributed by atoms with van der Waals surface area (Å²) in [6, 6.07) is 8.94. The highest BCUT2D eigenvalue weighted by Gasteiger charge is 2.06. The highest BCUT2D eigenvalue weighted by Crippen LogP contribution is 2.22. The minimum Gasteiger partial charge on any atom is -0.378 e. The van der Waals surface area contributed by atoms with Gasteiger partial charge in [0.1, 0.15) is 11.6 Å². The van der Waals surface area contributed by atoms with Gasteiger partial charge in [0.25, 0.3) is 0 Å². The molecule has 0 radical (unpaired) electrons. The van der Waals surface area contributed by atoms with E-state index in [1.165, 1.54) is 24.3 Å². The lowest BCUT2D eigenvalue weighted by Crippen LogP contribution is -2.04. The van der Waals surface area contributed by atoms with Gasteiger partial charge in [0.2, 0.25) is 0 Å². The SMILES string of the molecule is Cc1cccc(F)c1NCc1cc(F)ccc1Cl. The summed E-state index contributed by atoms with van der Waals surface area (Å²) in [7, 11) is 0. The van der Waals surface area contributed by atoms with Gasteiger partial charge in [-0.25, -0.2) is 8.78 Å². The van der Waals surface area contributed by atoms with Crippen molar-refractivity contribution in [3.63, 3.8) is 0 Å². The molecule has 0 saturated heterocycles. The lowest BCUT2D eigenvalue weighted by Gasteiger charge is -2.11. The number of anilines is 1. The van der Waals surface area contributed by atoms with Crippen molar-refractivity contribution < 1.29 is 8.78 Å². The molecule has 2 aromatic rings. The lowest BCUT2D eigenvalue weighted by molar-refractivity contribution is 0.624. The van der Waals surface area contributed by atoms with Gasteiger partial charge in [-0.15, -0.1) is 0 Å². The van der Waals surface area contributed by atoms with Gasteiger partial charge in [-0.05, 0) is 42.3 Å². The molecule has 0 aromatic heterocycles. The van der Waals surface area contributed by atoms with Crippen LogP contribution in [0, 0.1) is 18.6 Å². The van der Waals surface area contributed by atoms with Crippen LogP contribution in [0.3, 0.4) is 0 Å². The van der Waals surface area contributed by atoms with Crippen LogP contribution < -0.4 is 5.32 Å². The summed E-state index contributed by atoms with van der Waals surface area (Å²) >= 11 is 5.94. The predicted molar refractivity (Wildman–Crippen MR) is 69.9 cm³/mol. The summed E-state index contributed by atoms with van der Waals surface area (Å²) in [6.45, 7) is 2.08. The number of halogens is 3. The summed E-state index contributed by atoms with van der Waals surface area (Å²) < 4.78 is 26.6. The summed E-state index contributed by atoms with van der Waals surface area (Å²) in [6.07, 6.45) is 0. The lowest BCUT2D eigenvalue weighted by atomic mass is 10.1. The molecule has 0 aliphatic rings. The second-order valence-electron chi connectivity index (χ2n) is 4.02. The topological polar surface area (TPSA) is 12.0 Å². The number of rotatable bonds is 3. The standard InChI is InChI=1S/C14H12ClF2N/c1-9-3-2-4-13(17)14(9)18-8-10-7-11(16)5-6-12(10)15/h2-7,18H,8H2,1H3. The van der Waals surface area contributed by atoms with Gasteiger partial charge in [-0.2, -0.15) is 0 Å². The van der Waals surface area contributed by atoms with E-state index in [2.05, 4.69) is 5.32 Å². The van der Waals surface area contributed by atoms with Gasteiger partial charge in [0, 0.05) is 11.6 Å². The van der Waals surface area contributed by atoms with Crippen molar-refractivity contribution in [3.05, 3.63) is 64.2 Å². The van der Waals surface area contributed by atoms with E-state index in [9.17, 15) is 8.78 Å². The Kier molecular flexibility index (Phi) is 3.82. The first-order valence-corrected chi connectivity index (χ1v) is 5.88. The summed E-state index contributed by atoms with van der Waals surface area (Å²) in [5, 5.41) is 3.40. The van der Waals surface area contributed by atoms with Gasteiger partial charge >= 0.3 is 0 Å².